The largest absolute Gasteiger partial charge is 0.496 e. The molecular weight excluding hydrogens is 534 g/mol. The van der Waals surface area contributed by atoms with Gasteiger partial charge >= 0.3 is 5.97 Å². The van der Waals surface area contributed by atoms with Crippen LogP contribution in [0.4, 0.5) is 0 Å². The average molecular weight is 561 g/mol. The van der Waals surface area contributed by atoms with Crippen LogP contribution in [0.1, 0.15) is 34.8 Å². The van der Waals surface area contributed by atoms with Crippen LogP contribution in [-0.4, -0.2) is 26.1 Å². The number of benzene rings is 3. The summed E-state index contributed by atoms with van der Waals surface area (Å²) in [4.78, 5) is 24.9. The van der Waals surface area contributed by atoms with Gasteiger partial charge in [-0.2, -0.15) is 0 Å². The fourth-order valence-electron chi connectivity index (χ4n) is 3.53. The molecule has 0 fully saturated rings. The van der Waals surface area contributed by atoms with Crippen LogP contribution >= 0.6 is 27.5 Å². The van der Waals surface area contributed by atoms with Gasteiger partial charge in [0.15, 0.2) is 0 Å². The van der Waals surface area contributed by atoms with Crippen LogP contribution in [0, 0.1) is 5.92 Å². The SMILES string of the molecule is CC[C@@H](Cc1ccc(OC)c(C(=O)NCc2ccc(Oc3ccc(Br)c(Cl)c3)cc2)c1)C(=O)OC. The van der Waals surface area contributed by atoms with E-state index >= 15 is 0 Å². The van der Waals surface area contributed by atoms with Crippen molar-refractivity contribution in [2.45, 2.75) is 26.3 Å². The summed E-state index contributed by atoms with van der Waals surface area (Å²) >= 11 is 9.47. The summed E-state index contributed by atoms with van der Waals surface area (Å²) in [7, 11) is 2.90. The van der Waals surface area contributed by atoms with Crippen LogP contribution in [0.3, 0.4) is 0 Å². The Labute approximate surface area is 218 Å². The first-order chi connectivity index (χ1) is 16.8. The molecule has 3 rings (SSSR count). The van der Waals surface area contributed by atoms with E-state index in [1.54, 1.807) is 18.2 Å². The van der Waals surface area contributed by atoms with Crippen LogP contribution in [0.2, 0.25) is 5.02 Å². The Bertz CT molecular complexity index is 1180. The molecular formula is C27H27BrClNO5. The van der Waals surface area contributed by atoms with Crippen LogP contribution < -0.4 is 14.8 Å². The first-order valence-electron chi connectivity index (χ1n) is 11.1. The maximum absolute atomic E-state index is 12.9. The summed E-state index contributed by atoms with van der Waals surface area (Å²) in [6.07, 6.45) is 1.13. The molecule has 184 valence electrons. The van der Waals surface area contributed by atoms with E-state index in [2.05, 4.69) is 21.2 Å². The lowest BCUT2D eigenvalue weighted by molar-refractivity contribution is -0.145. The van der Waals surface area contributed by atoms with Gasteiger partial charge in [-0.15, -0.1) is 0 Å². The average Bonchev–Trinajstić information content (AvgIpc) is 2.88. The highest BCUT2D eigenvalue weighted by Gasteiger charge is 2.20. The van der Waals surface area contributed by atoms with E-state index in [4.69, 9.17) is 25.8 Å². The smallest absolute Gasteiger partial charge is 0.308 e. The molecule has 0 unspecified atom stereocenters. The Morgan fingerprint density at radius 1 is 0.971 bits per heavy atom. The van der Waals surface area contributed by atoms with Gasteiger partial charge in [0.2, 0.25) is 0 Å². The Balaban J connectivity index is 1.64. The van der Waals surface area contributed by atoms with Crippen molar-refractivity contribution in [3.63, 3.8) is 0 Å². The number of hydrogen-bond acceptors (Lipinski definition) is 5. The fourth-order valence-corrected chi connectivity index (χ4v) is 3.95. The molecule has 0 radical (unpaired) electrons. The van der Waals surface area contributed by atoms with Crippen molar-refractivity contribution in [1.82, 2.24) is 5.32 Å². The zero-order valence-corrected chi connectivity index (χ0v) is 22.1. The molecule has 0 saturated carbocycles. The van der Waals surface area contributed by atoms with E-state index in [0.29, 0.717) is 47.2 Å². The van der Waals surface area contributed by atoms with E-state index in [1.807, 2.05) is 49.4 Å². The molecule has 6 nitrogen and oxygen atoms in total. The summed E-state index contributed by atoms with van der Waals surface area (Å²) in [5.41, 5.74) is 2.19. The Hall–Kier alpha value is -3.03. The second-order valence-corrected chi connectivity index (χ2v) is 9.13. The molecule has 1 amide bonds. The number of halogens is 2. The third-order valence-electron chi connectivity index (χ3n) is 5.52. The standard InChI is InChI=1S/C27H27BrClNO5/c1-4-19(27(32)34-3)13-18-7-12-25(33-2)22(14-18)26(31)30-16-17-5-8-20(9-6-17)35-21-10-11-23(28)24(29)15-21/h5-12,14-15,19H,4,13,16H2,1-3H3,(H,30,31)/t19-/m0/s1. The van der Waals surface area contributed by atoms with Gasteiger partial charge in [0.25, 0.3) is 5.91 Å². The van der Waals surface area contributed by atoms with Gasteiger partial charge in [-0.3, -0.25) is 9.59 Å². The molecule has 1 atom stereocenters. The number of hydrogen-bond donors (Lipinski definition) is 1. The number of amides is 1. The lowest BCUT2D eigenvalue weighted by Gasteiger charge is -2.15. The molecule has 0 spiro atoms. The molecule has 0 bridgehead atoms. The predicted molar refractivity (Wildman–Crippen MR) is 139 cm³/mol. The monoisotopic (exact) mass is 559 g/mol. The number of ether oxygens (including phenoxy) is 3. The summed E-state index contributed by atoms with van der Waals surface area (Å²) in [5.74, 6) is 0.963. The predicted octanol–water partition coefficient (Wildman–Crippen LogP) is 6.58. The number of rotatable bonds is 10. The summed E-state index contributed by atoms with van der Waals surface area (Å²) < 4.78 is 16.9. The van der Waals surface area contributed by atoms with Gasteiger partial charge in [0, 0.05) is 17.1 Å². The van der Waals surface area contributed by atoms with Gasteiger partial charge in [-0.05, 0) is 76.3 Å². The van der Waals surface area contributed by atoms with Crippen LogP contribution in [0.25, 0.3) is 0 Å². The number of esters is 1. The van der Waals surface area contributed by atoms with Crippen molar-refractivity contribution in [1.29, 1.82) is 0 Å². The molecule has 0 saturated heterocycles. The van der Waals surface area contributed by atoms with E-state index in [-0.39, 0.29) is 17.8 Å². The molecule has 3 aromatic rings. The second-order valence-electron chi connectivity index (χ2n) is 7.87. The van der Waals surface area contributed by atoms with E-state index in [0.717, 1.165) is 15.6 Å². The molecule has 35 heavy (non-hydrogen) atoms. The normalized spacial score (nSPS) is 11.5. The molecule has 0 aliphatic carbocycles. The van der Waals surface area contributed by atoms with E-state index < -0.39 is 0 Å². The maximum Gasteiger partial charge on any atom is 0.308 e. The maximum atomic E-state index is 12.9. The first-order valence-corrected chi connectivity index (χ1v) is 12.3. The first kappa shape index (κ1) is 26.6. The van der Waals surface area contributed by atoms with E-state index in [9.17, 15) is 9.59 Å². The zero-order valence-electron chi connectivity index (χ0n) is 19.8. The minimum absolute atomic E-state index is 0.259. The molecule has 0 aliphatic rings. The van der Waals surface area contributed by atoms with Gasteiger partial charge in [-0.1, -0.05) is 36.7 Å². The third-order valence-corrected chi connectivity index (χ3v) is 6.75. The minimum atomic E-state index is -0.265. The molecule has 0 aromatic heterocycles. The van der Waals surface area contributed by atoms with Crippen molar-refractivity contribution in [3.8, 4) is 17.2 Å². The fraction of sp³-hybridized carbons (Fsp3) is 0.259. The van der Waals surface area contributed by atoms with Gasteiger partial charge in [0.05, 0.1) is 30.7 Å². The lowest BCUT2D eigenvalue weighted by Crippen LogP contribution is -2.24. The topological polar surface area (TPSA) is 73.9 Å². The molecule has 3 aromatic carbocycles. The summed E-state index contributed by atoms with van der Waals surface area (Å²) in [6, 6.07) is 18.2. The van der Waals surface area contributed by atoms with E-state index in [1.165, 1.54) is 14.2 Å². The third kappa shape index (κ3) is 7.23. The summed E-state index contributed by atoms with van der Waals surface area (Å²) in [5, 5.41) is 3.49. The summed E-state index contributed by atoms with van der Waals surface area (Å²) in [6.45, 7) is 2.26. The van der Waals surface area contributed by atoms with Crippen LogP contribution in [-0.2, 0) is 22.5 Å². The lowest BCUT2D eigenvalue weighted by atomic mass is 9.95. The van der Waals surface area contributed by atoms with Crippen molar-refractivity contribution in [2.75, 3.05) is 14.2 Å². The van der Waals surface area contributed by atoms with Gasteiger partial charge in [0.1, 0.15) is 17.2 Å². The number of nitrogens with one attached hydrogen (secondary N) is 1. The van der Waals surface area contributed by atoms with Crippen LogP contribution in [0.15, 0.2) is 65.1 Å². The molecule has 0 aliphatic heterocycles. The highest BCUT2D eigenvalue weighted by atomic mass is 79.9. The Morgan fingerprint density at radius 3 is 2.29 bits per heavy atom. The highest BCUT2D eigenvalue weighted by molar-refractivity contribution is 9.10. The van der Waals surface area contributed by atoms with Crippen molar-refractivity contribution in [3.05, 3.63) is 86.8 Å². The van der Waals surface area contributed by atoms with Gasteiger partial charge in [-0.25, -0.2) is 0 Å². The molecule has 8 heteroatoms. The zero-order chi connectivity index (χ0) is 25.4. The van der Waals surface area contributed by atoms with Gasteiger partial charge < -0.3 is 19.5 Å². The number of methoxy groups -OCH3 is 2. The quantitative estimate of drug-likeness (QED) is 0.284. The van der Waals surface area contributed by atoms with Crippen LogP contribution in [0.5, 0.6) is 17.2 Å². The highest BCUT2D eigenvalue weighted by Crippen LogP contribution is 2.30. The number of carbonyl (C=O) groups excluding carboxylic acids is 2. The van der Waals surface area contributed by atoms with Crippen molar-refractivity contribution < 1.29 is 23.8 Å². The number of carbonyl (C=O) groups is 2. The minimum Gasteiger partial charge on any atom is -0.496 e. The Kier molecular flexibility index (Phi) is 9.57. The second kappa shape index (κ2) is 12.6. The molecule has 1 N–H and O–H groups in total. The van der Waals surface area contributed by atoms with Crippen molar-refractivity contribution >= 4 is 39.4 Å². The van der Waals surface area contributed by atoms with Crippen molar-refractivity contribution in [2.24, 2.45) is 5.92 Å². The molecule has 0 heterocycles. The Morgan fingerprint density at radius 2 is 1.66 bits per heavy atom.